The lowest BCUT2D eigenvalue weighted by Crippen LogP contribution is -2.35. The number of hydrogen-bond donors (Lipinski definition) is 0. The number of amides is 1. The van der Waals surface area contributed by atoms with Crippen LogP contribution in [0.15, 0.2) is 18.2 Å². The summed E-state index contributed by atoms with van der Waals surface area (Å²) in [5.41, 5.74) is 3.49. The highest BCUT2D eigenvalue weighted by molar-refractivity contribution is 5.98. The Morgan fingerprint density at radius 3 is 2.48 bits per heavy atom. The number of rotatable bonds is 7. The maximum absolute atomic E-state index is 12.4. The first-order chi connectivity index (χ1) is 12.1. The van der Waals surface area contributed by atoms with E-state index in [1.807, 2.05) is 13.1 Å². The fraction of sp³-hybridized carbons (Fsp3) is 0.619. The summed E-state index contributed by atoms with van der Waals surface area (Å²) in [6.45, 7) is 4.00. The minimum Gasteiger partial charge on any atom is -0.344 e. The Kier molecular flexibility index (Phi) is 6.24. The number of ketones is 1. The minimum atomic E-state index is 0.0745. The number of likely N-dealkylation sites (N-methyl/N-ethyl adjacent to an activating group) is 1. The molecule has 1 aliphatic carbocycles. The van der Waals surface area contributed by atoms with Crippen LogP contribution in [-0.2, 0) is 17.6 Å². The third kappa shape index (κ3) is 4.91. The molecule has 1 aliphatic heterocycles. The number of benzene rings is 1. The molecule has 25 heavy (non-hydrogen) atoms. The standard InChI is InChI=1S/C21H30N2O2/c1-22(14-15-23-12-4-5-13-23)21(25)11-10-20(24)19-9-8-17-6-2-3-7-18(17)16-19/h8-9,16H,2-7,10-15H2,1H3. The van der Waals surface area contributed by atoms with Crippen molar-refractivity contribution in [3.8, 4) is 0 Å². The molecule has 0 unspecified atom stereocenters. The van der Waals surface area contributed by atoms with E-state index < -0.39 is 0 Å². The van der Waals surface area contributed by atoms with Crippen molar-refractivity contribution in [1.82, 2.24) is 9.80 Å². The Morgan fingerprint density at radius 1 is 1.00 bits per heavy atom. The van der Waals surface area contributed by atoms with Crippen LogP contribution in [0.4, 0.5) is 0 Å². The first kappa shape index (κ1) is 18.1. The van der Waals surface area contributed by atoms with Crippen LogP contribution in [0.2, 0.25) is 0 Å². The van der Waals surface area contributed by atoms with Gasteiger partial charge in [0.1, 0.15) is 0 Å². The molecule has 0 aromatic heterocycles. The Balaban J connectivity index is 1.45. The van der Waals surface area contributed by atoms with Crippen molar-refractivity contribution in [1.29, 1.82) is 0 Å². The van der Waals surface area contributed by atoms with Crippen LogP contribution in [0, 0.1) is 0 Å². The van der Waals surface area contributed by atoms with Crippen LogP contribution < -0.4 is 0 Å². The lowest BCUT2D eigenvalue weighted by molar-refractivity contribution is -0.130. The largest absolute Gasteiger partial charge is 0.344 e. The summed E-state index contributed by atoms with van der Waals surface area (Å²) in [5, 5.41) is 0. The third-order valence-electron chi connectivity index (χ3n) is 5.61. The highest BCUT2D eigenvalue weighted by Gasteiger charge is 2.17. The molecular formula is C21H30N2O2. The molecule has 0 saturated carbocycles. The van der Waals surface area contributed by atoms with Crippen molar-refractivity contribution < 1.29 is 9.59 Å². The highest BCUT2D eigenvalue weighted by Crippen LogP contribution is 2.23. The van der Waals surface area contributed by atoms with Crippen molar-refractivity contribution in [3.63, 3.8) is 0 Å². The van der Waals surface area contributed by atoms with Gasteiger partial charge in [-0.3, -0.25) is 9.59 Å². The van der Waals surface area contributed by atoms with Crippen molar-refractivity contribution in [2.45, 2.75) is 51.4 Å². The molecule has 1 heterocycles. The molecule has 4 nitrogen and oxygen atoms in total. The molecule has 0 bridgehead atoms. The van der Waals surface area contributed by atoms with E-state index in [1.54, 1.807) is 4.90 Å². The third-order valence-corrected chi connectivity index (χ3v) is 5.61. The zero-order valence-corrected chi connectivity index (χ0v) is 15.4. The van der Waals surface area contributed by atoms with Crippen LogP contribution in [-0.4, -0.2) is 54.7 Å². The van der Waals surface area contributed by atoms with Gasteiger partial charge in [0.2, 0.25) is 5.91 Å². The Labute approximate surface area is 151 Å². The molecule has 4 heteroatoms. The summed E-state index contributed by atoms with van der Waals surface area (Å²) in [7, 11) is 1.85. The van der Waals surface area contributed by atoms with E-state index >= 15 is 0 Å². The molecular weight excluding hydrogens is 312 g/mol. The van der Waals surface area contributed by atoms with Crippen LogP contribution >= 0.6 is 0 Å². The van der Waals surface area contributed by atoms with E-state index in [1.165, 1.54) is 36.8 Å². The number of carbonyl (C=O) groups is 2. The van der Waals surface area contributed by atoms with Crippen LogP contribution in [0.25, 0.3) is 0 Å². The zero-order chi connectivity index (χ0) is 17.6. The number of likely N-dealkylation sites (tertiary alicyclic amines) is 1. The second kappa shape index (κ2) is 8.61. The number of carbonyl (C=O) groups excluding carboxylic acids is 2. The van der Waals surface area contributed by atoms with E-state index in [4.69, 9.17) is 0 Å². The Bertz CT molecular complexity index is 620. The quantitative estimate of drug-likeness (QED) is 0.715. The lowest BCUT2D eigenvalue weighted by Gasteiger charge is -2.21. The molecule has 1 saturated heterocycles. The number of nitrogens with zero attached hydrogens (tertiary/aromatic N) is 2. The number of Topliss-reactive ketones (excluding diaryl/α,β-unsaturated/α-hetero) is 1. The predicted octanol–water partition coefficient (Wildman–Crippen LogP) is 3.08. The number of aryl methyl sites for hydroxylation is 2. The number of fused-ring (bicyclic) bond motifs is 1. The van der Waals surface area contributed by atoms with E-state index in [9.17, 15) is 9.59 Å². The average Bonchev–Trinajstić information content (AvgIpc) is 3.17. The van der Waals surface area contributed by atoms with Gasteiger partial charge in [0.15, 0.2) is 5.78 Å². The topological polar surface area (TPSA) is 40.6 Å². The molecule has 0 atom stereocenters. The Morgan fingerprint density at radius 2 is 1.72 bits per heavy atom. The van der Waals surface area contributed by atoms with Crippen molar-refractivity contribution >= 4 is 11.7 Å². The van der Waals surface area contributed by atoms with Gasteiger partial charge in [0.05, 0.1) is 0 Å². The second-order valence-electron chi connectivity index (χ2n) is 7.48. The highest BCUT2D eigenvalue weighted by atomic mass is 16.2. The molecule has 0 spiro atoms. The van der Waals surface area contributed by atoms with E-state index in [0.717, 1.165) is 44.6 Å². The molecule has 1 aromatic rings. The maximum atomic E-state index is 12.4. The minimum absolute atomic E-state index is 0.0745. The van der Waals surface area contributed by atoms with Gasteiger partial charge in [-0.25, -0.2) is 0 Å². The number of hydrogen-bond acceptors (Lipinski definition) is 3. The molecule has 1 fully saturated rings. The van der Waals surface area contributed by atoms with Crippen molar-refractivity contribution in [2.75, 3.05) is 33.2 Å². The summed E-state index contributed by atoms with van der Waals surface area (Å²) in [6, 6.07) is 6.10. The molecule has 136 valence electrons. The molecule has 2 aliphatic rings. The van der Waals surface area contributed by atoms with E-state index in [2.05, 4.69) is 17.0 Å². The van der Waals surface area contributed by atoms with Gasteiger partial charge < -0.3 is 9.80 Å². The van der Waals surface area contributed by atoms with Gasteiger partial charge >= 0.3 is 0 Å². The molecule has 0 radical (unpaired) electrons. The smallest absolute Gasteiger partial charge is 0.222 e. The van der Waals surface area contributed by atoms with Gasteiger partial charge in [0.25, 0.3) is 0 Å². The van der Waals surface area contributed by atoms with Gasteiger partial charge in [-0.15, -0.1) is 0 Å². The zero-order valence-electron chi connectivity index (χ0n) is 15.4. The first-order valence-electron chi connectivity index (χ1n) is 9.75. The summed E-state index contributed by atoms with van der Waals surface area (Å²) in [4.78, 5) is 28.9. The fourth-order valence-corrected chi connectivity index (χ4v) is 3.88. The average molecular weight is 342 g/mol. The van der Waals surface area contributed by atoms with Gasteiger partial charge in [0, 0.05) is 38.5 Å². The maximum Gasteiger partial charge on any atom is 0.222 e. The van der Waals surface area contributed by atoms with Crippen LogP contribution in [0.3, 0.4) is 0 Å². The van der Waals surface area contributed by atoms with Crippen molar-refractivity contribution in [2.24, 2.45) is 0 Å². The first-order valence-corrected chi connectivity index (χ1v) is 9.75. The summed E-state index contributed by atoms with van der Waals surface area (Å²) >= 11 is 0. The van der Waals surface area contributed by atoms with Crippen LogP contribution in [0.5, 0.6) is 0 Å². The molecule has 1 aromatic carbocycles. The summed E-state index contributed by atoms with van der Waals surface area (Å²) in [6.07, 6.45) is 7.83. The lowest BCUT2D eigenvalue weighted by atomic mass is 9.89. The Hall–Kier alpha value is -1.68. The summed E-state index contributed by atoms with van der Waals surface area (Å²) in [5.74, 6) is 0.167. The summed E-state index contributed by atoms with van der Waals surface area (Å²) < 4.78 is 0. The SMILES string of the molecule is CN(CCN1CCCC1)C(=O)CCC(=O)c1ccc2c(c1)CCCC2. The van der Waals surface area contributed by atoms with Crippen LogP contribution in [0.1, 0.15) is 60.0 Å². The monoisotopic (exact) mass is 342 g/mol. The van der Waals surface area contributed by atoms with Gasteiger partial charge in [-0.1, -0.05) is 12.1 Å². The van der Waals surface area contributed by atoms with Gasteiger partial charge in [-0.05, 0) is 68.8 Å². The molecule has 3 rings (SSSR count). The van der Waals surface area contributed by atoms with E-state index in [0.29, 0.717) is 12.8 Å². The molecule has 1 amide bonds. The fourth-order valence-electron chi connectivity index (χ4n) is 3.88. The van der Waals surface area contributed by atoms with Gasteiger partial charge in [-0.2, -0.15) is 0 Å². The molecule has 0 N–H and O–H groups in total. The van der Waals surface area contributed by atoms with E-state index in [-0.39, 0.29) is 11.7 Å². The second-order valence-corrected chi connectivity index (χ2v) is 7.48. The predicted molar refractivity (Wildman–Crippen MR) is 100.0 cm³/mol. The normalized spacial score (nSPS) is 17.3. The van der Waals surface area contributed by atoms with Crippen molar-refractivity contribution in [3.05, 3.63) is 34.9 Å².